The minimum atomic E-state index is -3.74. The van der Waals surface area contributed by atoms with E-state index in [1.54, 1.807) is 36.5 Å². The molecule has 0 saturated carbocycles. The Kier molecular flexibility index (Phi) is 6.85. The maximum atomic E-state index is 12.4. The Bertz CT molecular complexity index is 1200. The van der Waals surface area contributed by atoms with Gasteiger partial charge in [0.25, 0.3) is 15.7 Å². The number of hydrogen-bond donors (Lipinski definition) is 1. The Morgan fingerprint density at radius 2 is 1.73 bits per heavy atom. The van der Waals surface area contributed by atoms with Gasteiger partial charge in [0.15, 0.2) is 0 Å². The van der Waals surface area contributed by atoms with Crippen molar-refractivity contribution in [2.75, 3.05) is 26.3 Å². The monoisotopic (exact) mass is 468 g/mol. The average molecular weight is 469 g/mol. The zero-order chi connectivity index (χ0) is 23.3. The van der Waals surface area contributed by atoms with Crippen molar-refractivity contribution in [1.82, 2.24) is 9.73 Å². The van der Waals surface area contributed by atoms with E-state index < -0.39 is 14.9 Å². The molecule has 0 aromatic heterocycles. The number of non-ortho nitro benzene ring substituents is 1. The number of benzene rings is 2. The average Bonchev–Trinajstić information content (AvgIpc) is 3.22. The highest BCUT2D eigenvalue weighted by atomic mass is 32.2. The molecule has 0 radical (unpaired) electrons. The number of hydrazone groups is 1. The van der Waals surface area contributed by atoms with Gasteiger partial charge in [0.05, 0.1) is 29.2 Å². The molecule has 0 unspecified atom stereocenters. The quantitative estimate of drug-likeness (QED) is 0.379. The van der Waals surface area contributed by atoms with Crippen LogP contribution in [0.4, 0.5) is 5.69 Å². The van der Waals surface area contributed by atoms with Crippen LogP contribution in [0.25, 0.3) is 6.08 Å². The smallest absolute Gasteiger partial charge is 0.276 e. The van der Waals surface area contributed by atoms with Gasteiger partial charge in [-0.1, -0.05) is 18.2 Å². The molecule has 1 aliphatic heterocycles. The second-order valence-electron chi connectivity index (χ2n) is 7.66. The van der Waals surface area contributed by atoms with E-state index in [9.17, 15) is 18.5 Å². The summed E-state index contributed by atoms with van der Waals surface area (Å²) in [4.78, 5) is 15.2. The van der Waals surface area contributed by atoms with Crippen molar-refractivity contribution < 1.29 is 18.1 Å². The Hall–Kier alpha value is -3.50. The van der Waals surface area contributed by atoms with Crippen LogP contribution in [0.1, 0.15) is 18.4 Å². The lowest BCUT2D eigenvalue weighted by Crippen LogP contribution is -2.36. The molecule has 1 heterocycles. The van der Waals surface area contributed by atoms with Crippen LogP contribution in [-0.2, 0) is 14.8 Å². The highest BCUT2D eigenvalue weighted by Gasteiger charge is 2.25. The van der Waals surface area contributed by atoms with E-state index in [4.69, 9.17) is 4.74 Å². The number of nitro groups is 1. The second kappa shape index (κ2) is 9.97. The Morgan fingerprint density at radius 3 is 2.39 bits per heavy atom. The number of ether oxygens (including phenoxy) is 1. The predicted molar refractivity (Wildman–Crippen MR) is 125 cm³/mol. The molecule has 0 amide bonds. The van der Waals surface area contributed by atoms with E-state index in [0.29, 0.717) is 19.6 Å². The summed E-state index contributed by atoms with van der Waals surface area (Å²) < 4.78 is 30.4. The molecular weight excluding hydrogens is 444 g/mol. The van der Waals surface area contributed by atoms with Crippen LogP contribution in [0.2, 0.25) is 0 Å². The molecule has 2 aromatic carbocycles. The first kappa shape index (κ1) is 22.7. The number of nitrogens with one attached hydrogen (secondary N) is 1. The zero-order valence-electron chi connectivity index (χ0n) is 17.9. The van der Waals surface area contributed by atoms with Crippen LogP contribution in [-0.4, -0.2) is 50.8 Å². The number of hydrogen-bond acceptors (Lipinski definition) is 7. The van der Waals surface area contributed by atoms with Gasteiger partial charge < -0.3 is 9.64 Å². The molecule has 1 saturated heterocycles. The normalized spacial score (nSPS) is 18.3. The summed E-state index contributed by atoms with van der Waals surface area (Å²) in [5.41, 5.74) is 3.94. The van der Waals surface area contributed by atoms with Gasteiger partial charge in [-0.2, -0.15) is 13.5 Å². The van der Waals surface area contributed by atoms with Crippen LogP contribution in [0.5, 0.6) is 0 Å². The highest BCUT2D eigenvalue weighted by Crippen LogP contribution is 2.35. The summed E-state index contributed by atoms with van der Waals surface area (Å²) in [6.07, 6.45) is 5.06. The van der Waals surface area contributed by atoms with Gasteiger partial charge in [0, 0.05) is 30.9 Å². The van der Waals surface area contributed by atoms with Gasteiger partial charge in [0.1, 0.15) is 0 Å². The largest absolute Gasteiger partial charge is 0.378 e. The fourth-order valence-electron chi connectivity index (χ4n) is 3.89. The third-order valence-electron chi connectivity index (χ3n) is 5.49. The van der Waals surface area contributed by atoms with Crippen molar-refractivity contribution in [3.63, 3.8) is 0 Å². The maximum Gasteiger partial charge on any atom is 0.276 e. The fraction of sp³-hybridized carbons (Fsp3) is 0.261. The van der Waals surface area contributed by atoms with Crippen molar-refractivity contribution in [2.45, 2.75) is 17.7 Å². The topological polar surface area (TPSA) is 114 Å². The number of sulfonamides is 1. The summed E-state index contributed by atoms with van der Waals surface area (Å²) in [6, 6.07) is 14.5. The number of allylic oxidation sites excluding steroid dienone is 2. The van der Waals surface area contributed by atoms with Crippen LogP contribution < -0.4 is 4.83 Å². The molecule has 1 aliphatic carbocycles. The number of nitrogens with zero attached hydrogens (tertiary/aromatic N) is 3. The minimum Gasteiger partial charge on any atom is -0.378 e. The van der Waals surface area contributed by atoms with Crippen LogP contribution >= 0.6 is 0 Å². The molecule has 2 aliphatic rings. The van der Waals surface area contributed by atoms with Gasteiger partial charge in [0.2, 0.25) is 0 Å². The van der Waals surface area contributed by atoms with E-state index in [1.165, 1.54) is 24.3 Å². The van der Waals surface area contributed by atoms with Crippen LogP contribution in [0.15, 0.2) is 81.4 Å². The molecule has 0 bridgehead atoms. The molecule has 0 spiro atoms. The number of nitro benzene ring substituents is 1. The van der Waals surface area contributed by atoms with Gasteiger partial charge in [-0.25, -0.2) is 4.83 Å². The van der Waals surface area contributed by atoms with Crippen molar-refractivity contribution in [3.8, 4) is 0 Å². The van der Waals surface area contributed by atoms with E-state index in [2.05, 4.69) is 14.8 Å². The van der Waals surface area contributed by atoms with Crippen LogP contribution in [0, 0.1) is 10.1 Å². The summed E-state index contributed by atoms with van der Waals surface area (Å²) in [5.74, 6) is 0. The number of morpholine rings is 1. The Morgan fingerprint density at radius 1 is 1.03 bits per heavy atom. The van der Waals surface area contributed by atoms with Crippen molar-refractivity contribution in [3.05, 3.63) is 87.1 Å². The SMILES string of the molecule is O=[N+]([O-])c1ccc(/C=C2\CCC(/C=N/NS(=O)(=O)c3ccccc3)=C2N2CCOCC2)cc1. The summed E-state index contributed by atoms with van der Waals surface area (Å²) in [6.45, 7) is 2.67. The molecule has 9 nitrogen and oxygen atoms in total. The molecule has 1 N–H and O–H groups in total. The minimum absolute atomic E-state index is 0.0473. The van der Waals surface area contributed by atoms with Gasteiger partial charge >= 0.3 is 0 Å². The first-order valence-electron chi connectivity index (χ1n) is 10.6. The molecule has 172 valence electrons. The van der Waals surface area contributed by atoms with Gasteiger partial charge in [-0.15, -0.1) is 0 Å². The maximum absolute atomic E-state index is 12.4. The standard InChI is InChI=1S/C23H24N4O5S/c28-27(29)21-10-6-18(7-11-21)16-19-8-9-20(23(19)26-12-14-32-15-13-26)17-24-25-33(30,31)22-4-2-1-3-5-22/h1-7,10-11,16-17,25H,8-9,12-15H2/b19-16+,24-17+. The predicted octanol–water partition coefficient (Wildman–Crippen LogP) is 3.32. The Labute approximate surface area is 192 Å². The zero-order valence-corrected chi connectivity index (χ0v) is 18.7. The van der Waals surface area contributed by atoms with E-state index in [0.717, 1.165) is 41.9 Å². The van der Waals surface area contributed by atoms with E-state index in [1.807, 2.05) is 6.08 Å². The first-order valence-corrected chi connectivity index (χ1v) is 12.0. The lowest BCUT2D eigenvalue weighted by molar-refractivity contribution is -0.384. The molecule has 33 heavy (non-hydrogen) atoms. The molecule has 2 aromatic rings. The third kappa shape index (κ3) is 5.47. The van der Waals surface area contributed by atoms with Gasteiger partial charge in [-0.05, 0) is 59.9 Å². The first-order chi connectivity index (χ1) is 15.9. The van der Waals surface area contributed by atoms with Crippen molar-refractivity contribution >= 4 is 28.0 Å². The molecular formula is C23H24N4O5S. The third-order valence-corrected chi connectivity index (χ3v) is 6.73. The van der Waals surface area contributed by atoms with E-state index >= 15 is 0 Å². The summed E-state index contributed by atoms with van der Waals surface area (Å²) >= 11 is 0. The van der Waals surface area contributed by atoms with Crippen LogP contribution in [0.3, 0.4) is 0 Å². The summed E-state index contributed by atoms with van der Waals surface area (Å²) in [5, 5.41) is 15.0. The molecule has 10 heteroatoms. The second-order valence-corrected chi connectivity index (χ2v) is 9.32. The van der Waals surface area contributed by atoms with Gasteiger partial charge in [-0.3, -0.25) is 10.1 Å². The highest BCUT2D eigenvalue weighted by molar-refractivity contribution is 7.89. The molecule has 4 rings (SSSR count). The Balaban J connectivity index is 1.60. The lowest BCUT2D eigenvalue weighted by atomic mass is 10.1. The van der Waals surface area contributed by atoms with E-state index in [-0.39, 0.29) is 10.6 Å². The molecule has 0 atom stereocenters. The lowest BCUT2D eigenvalue weighted by Gasteiger charge is -2.31. The molecule has 1 fully saturated rings. The van der Waals surface area contributed by atoms with Crippen molar-refractivity contribution in [1.29, 1.82) is 0 Å². The summed E-state index contributed by atoms with van der Waals surface area (Å²) in [7, 11) is -3.74. The number of rotatable bonds is 7. The fourth-order valence-corrected chi connectivity index (χ4v) is 4.70. The van der Waals surface area contributed by atoms with Crippen molar-refractivity contribution in [2.24, 2.45) is 5.10 Å².